The van der Waals surface area contributed by atoms with E-state index in [-0.39, 0.29) is 44.0 Å². The zero-order chi connectivity index (χ0) is 25.6. The van der Waals surface area contributed by atoms with Crippen molar-refractivity contribution >= 4 is 5.91 Å². The predicted octanol–water partition coefficient (Wildman–Crippen LogP) is 5.34. The number of halogens is 6. The van der Waals surface area contributed by atoms with E-state index in [1.54, 1.807) is 4.90 Å². The summed E-state index contributed by atoms with van der Waals surface area (Å²) in [5, 5.41) is 3.19. The maximum absolute atomic E-state index is 13.8. The summed E-state index contributed by atoms with van der Waals surface area (Å²) in [5.74, 6) is -1.75. The van der Waals surface area contributed by atoms with Crippen LogP contribution in [0.2, 0.25) is 0 Å². The van der Waals surface area contributed by atoms with Crippen LogP contribution in [0.4, 0.5) is 26.3 Å². The van der Waals surface area contributed by atoms with Gasteiger partial charge in [-0.1, -0.05) is 19.9 Å². The van der Waals surface area contributed by atoms with Gasteiger partial charge in [0.05, 0.1) is 23.5 Å². The van der Waals surface area contributed by atoms with Gasteiger partial charge in [0.15, 0.2) is 0 Å². The largest absolute Gasteiger partial charge is 0.416 e. The fourth-order valence-electron chi connectivity index (χ4n) is 5.97. The number of alkyl halides is 6. The molecule has 1 saturated heterocycles. The minimum absolute atomic E-state index is 0.0576. The maximum atomic E-state index is 13.8. The Kier molecular flexibility index (Phi) is 7.18. The summed E-state index contributed by atoms with van der Waals surface area (Å²) in [4.78, 5) is 15.4. The highest BCUT2D eigenvalue weighted by Gasteiger charge is 2.52. The first-order valence-electron chi connectivity index (χ1n) is 12.2. The molecule has 1 N–H and O–H groups in total. The van der Waals surface area contributed by atoms with Crippen molar-refractivity contribution in [3.8, 4) is 0 Å². The molecule has 1 aliphatic carbocycles. The molecule has 4 nitrogen and oxygen atoms in total. The van der Waals surface area contributed by atoms with Crippen LogP contribution >= 0.6 is 0 Å². The second kappa shape index (κ2) is 9.57. The van der Waals surface area contributed by atoms with Crippen molar-refractivity contribution < 1.29 is 35.9 Å². The van der Waals surface area contributed by atoms with Crippen molar-refractivity contribution in [2.75, 3.05) is 19.8 Å². The van der Waals surface area contributed by atoms with Crippen LogP contribution in [-0.2, 0) is 28.7 Å². The number of ether oxygens (including phenoxy) is 1. The second-order valence-electron chi connectivity index (χ2n) is 10.5. The Morgan fingerprint density at radius 3 is 2.54 bits per heavy atom. The van der Waals surface area contributed by atoms with Crippen molar-refractivity contribution in [3.05, 3.63) is 34.9 Å². The highest BCUT2D eigenvalue weighted by Crippen LogP contribution is 2.47. The van der Waals surface area contributed by atoms with Gasteiger partial charge in [0.1, 0.15) is 0 Å². The quantitative estimate of drug-likeness (QED) is 0.561. The monoisotopic (exact) mass is 506 g/mol. The third-order valence-corrected chi connectivity index (χ3v) is 8.14. The fraction of sp³-hybridized carbons (Fsp3) is 0.720. The van der Waals surface area contributed by atoms with Crippen molar-refractivity contribution in [3.63, 3.8) is 0 Å². The Hall–Kier alpha value is -1.81. The van der Waals surface area contributed by atoms with Gasteiger partial charge in [-0.2, -0.15) is 26.3 Å². The summed E-state index contributed by atoms with van der Waals surface area (Å²) in [6.07, 6.45) is -6.56. The predicted molar refractivity (Wildman–Crippen MR) is 117 cm³/mol. The van der Waals surface area contributed by atoms with E-state index in [1.165, 1.54) is 6.07 Å². The average Bonchev–Trinajstić information content (AvgIpc) is 3.22. The summed E-state index contributed by atoms with van der Waals surface area (Å²) < 4.78 is 85.1. The zero-order valence-electron chi connectivity index (χ0n) is 19.9. The van der Waals surface area contributed by atoms with E-state index in [0.717, 1.165) is 17.7 Å². The molecular formula is C25H32F6N2O2. The Morgan fingerprint density at radius 2 is 1.89 bits per heavy atom. The van der Waals surface area contributed by atoms with E-state index in [0.29, 0.717) is 37.8 Å². The molecule has 2 aliphatic heterocycles. The molecule has 4 atom stereocenters. The van der Waals surface area contributed by atoms with Gasteiger partial charge in [0.25, 0.3) is 0 Å². The van der Waals surface area contributed by atoms with Gasteiger partial charge in [-0.3, -0.25) is 4.79 Å². The number of fused-ring (bicyclic) bond motifs is 1. The van der Waals surface area contributed by atoms with Gasteiger partial charge in [-0.25, -0.2) is 0 Å². The molecule has 1 amide bonds. The van der Waals surface area contributed by atoms with Crippen molar-refractivity contribution in [1.29, 1.82) is 0 Å². The number of amides is 1. The van der Waals surface area contributed by atoms with Crippen LogP contribution in [-0.4, -0.2) is 48.8 Å². The molecule has 0 spiro atoms. The molecule has 35 heavy (non-hydrogen) atoms. The lowest BCUT2D eigenvalue weighted by molar-refractivity contribution is -0.208. The number of hydrogen-bond acceptors (Lipinski definition) is 3. The molecule has 2 fully saturated rings. The molecular weight excluding hydrogens is 474 g/mol. The zero-order valence-corrected chi connectivity index (χ0v) is 19.9. The Morgan fingerprint density at radius 1 is 1.14 bits per heavy atom. The molecule has 10 heteroatoms. The smallest absolute Gasteiger partial charge is 0.381 e. The molecule has 1 aromatic carbocycles. The van der Waals surface area contributed by atoms with E-state index < -0.39 is 35.3 Å². The lowest BCUT2D eigenvalue weighted by Crippen LogP contribution is -2.53. The number of hydrogen-bond donors (Lipinski definition) is 1. The van der Waals surface area contributed by atoms with Crippen LogP contribution in [0.25, 0.3) is 0 Å². The first-order chi connectivity index (χ1) is 16.3. The molecule has 2 heterocycles. The summed E-state index contributed by atoms with van der Waals surface area (Å²) in [5.41, 5.74) is -0.175. The topological polar surface area (TPSA) is 41.6 Å². The number of nitrogens with one attached hydrogen (secondary N) is 1. The van der Waals surface area contributed by atoms with Gasteiger partial charge in [0.2, 0.25) is 5.91 Å². The van der Waals surface area contributed by atoms with Crippen molar-refractivity contribution in [2.45, 2.75) is 76.9 Å². The number of carbonyl (C=O) groups is 1. The number of carbonyl (C=O) groups excluding carboxylic acids is 1. The van der Waals surface area contributed by atoms with Gasteiger partial charge in [-0.15, -0.1) is 0 Å². The van der Waals surface area contributed by atoms with Gasteiger partial charge < -0.3 is 15.0 Å². The van der Waals surface area contributed by atoms with Gasteiger partial charge in [0, 0.05) is 31.8 Å². The highest BCUT2D eigenvalue weighted by atomic mass is 19.4. The lowest BCUT2D eigenvalue weighted by Gasteiger charge is -2.40. The number of rotatable bonds is 4. The summed E-state index contributed by atoms with van der Waals surface area (Å²) in [7, 11) is 0. The maximum Gasteiger partial charge on any atom is 0.416 e. The highest BCUT2D eigenvalue weighted by molar-refractivity contribution is 5.84. The van der Waals surface area contributed by atoms with E-state index in [2.05, 4.69) is 5.32 Å². The van der Waals surface area contributed by atoms with E-state index in [9.17, 15) is 31.1 Å². The van der Waals surface area contributed by atoms with E-state index >= 15 is 0 Å². The van der Waals surface area contributed by atoms with E-state index in [1.807, 2.05) is 13.8 Å². The summed E-state index contributed by atoms with van der Waals surface area (Å²) in [6.45, 7) is 4.30. The minimum atomic E-state index is -4.46. The Bertz CT molecular complexity index is 932. The van der Waals surface area contributed by atoms with Crippen LogP contribution in [0.3, 0.4) is 0 Å². The van der Waals surface area contributed by atoms with Crippen LogP contribution in [0, 0.1) is 17.3 Å². The molecule has 1 aromatic rings. The fourth-order valence-corrected chi connectivity index (χ4v) is 5.97. The number of benzene rings is 1. The first-order valence-corrected chi connectivity index (χ1v) is 12.2. The standard InChI is InChI=1S/C25H32F6N2O2/c1-15(2)23(8-5-19(12-23)32-21-7-10-35-14-20(21)25(29,30)31)22(34)33-9-6-16-3-4-18(24(26,27)28)11-17(16)13-33/h3-4,11,15,19-21,32H,5-10,12-14H2,1-2H3/t19?,20?,21?,23-/m0/s1. The minimum Gasteiger partial charge on any atom is -0.381 e. The molecule has 0 bridgehead atoms. The average molecular weight is 507 g/mol. The molecule has 196 valence electrons. The molecule has 4 rings (SSSR count). The molecule has 0 aromatic heterocycles. The van der Waals surface area contributed by atoms with Crippen LogP contribution < -0.4 is 5.32 Å². The van der Waals surface area contributed by atoms with Crippen molar-refractivity contribution in [1.82, 2.24) is 10.2 Å². The third kappa shape index (κ3) is 5.33. The molecule has 1 saturated carbocycles. The molecule has 3 aliphatic rings. The first kappa shape index (κ1) is 26.3. The SMILES string of the molecule is CC(C)[C@]1(C(=O)N2CCc3ccc(C(F)(F)F)cc3C2)CCC(NC2CCOCC2C(F)(F)F)C1. The molecule has 3 unspecified atom stereocenters. The Labute approximate surface area is 201 Å². The third-order valence-electron chi connectivity index (χ3n) is 8.14. The summed E-state index contributed by atoms with van der Waals surface area (Å²) >= 11 is 0. The molecule has 0 radical (unpaired) electrons. The van der Waals surface area contributed by atoms with Gasteiger partial charge in [-0.05, 0) is 61.3 Å². The van der Waals surface area contributed by atoms with Crippen LogP contribution in [0.1, 0.15) is 56.2 Å². The van der Waals surface area contributed by atoms with Crippen LogP contribution in [0.15, 0.2) is 18.2 Å². The normalized spacial score (nSPS) is 30.0. The second-order valence-corrected chi connectivity index (χ2v) is 10.5. The summed E-state index contributed by atoms with van der Waals surface area (Å²) in [6, 6.07) is 2.69. The lowest BCUT2D eigenvalue weighted by atomic mass is 9.73. The van der Waals surface area contributed by atoms with E-state index in [4.69, 9.17) is 4.74 Å². The van der Waals surface area contributed by atoms with Crippen molar-refractivity contribution in [2.24, 2.45) is 17.3 Å². The van der Waals surface area contributed by atoms with Gasteiger partial charge >= 0.3 is 12.4 Å². The van der Waals surface area contributed by atoms with Crippen LogP contribution in [0.5, 0.6) is 0 Å². The number of nitrogens with zero attached hydrogens (tertiary/aromatic N) is 1. The Balaban J connectivity index is 1.48.